The van der Waals surface area contributed by atoms with Crippen molar-refractivity contribution in [2.75, 3.05) is 13.2 Å². The van der Waals surface area contributed by atoms with Crippen LogP contribution in [0.3, 0.4) is 0 Å². The maximum atomic E-state index is 13.0. The lowest BCUT2D eigenvalue weighted by Crippen LogP contribution is -2.38. The highest BCUT2D eigenvalue weighted by Crippen LogP contribution is 2.27. The van der Waals surface area contributed by atoms with E-state index in [9.17, 15) is 22.8 Å². The summed E-state index contributed by atoms with van der Waals surface area (Å²) >= 11 is 0. The van der Waals surface area contributed by atoms with Gasteiger partial charge >= 0.3 is 12.1 Å². The van der Waals surface area contributed by atoms with Gasteiger partial charge in [-0.2, -0.15) is 23.4 Å². The highest BCUT2D eigenvalue weighted by Gasteiger charge is 2.34. The van der Waals surface area contributed by atoms with Gasteiger partial charge in [0, 0.05) is 37.3 Å². The maximum absolute atomic E-state index is 13.0. The highest BCUT2D eigenvalue weighted by molar-refractivity contribution is 5.94. The second-order valence-corrected chi connectivity index (χ2v) is 7.05. The molecule has 2 aromatic heterocycles. The Labute approximate surface area is 171 Å². The van der Waals surface area contributed by atoms with Gasteiger partial charge in [-0.1, -0.05) is 0 Å². The average molecular weight is 427 g/mol. The average Bonchev–Trinajstić information content (AvgIpc) is 3.25. The smallest absolute Gasteiger partial charge is 0.390 e. The first kappa shape index (κ1) is 21.8. The lowest BCUT2D eigenvalue weighted by atomic mass is 10.0. The van der Waals surface area contributed by atoms with E-state index in [1.807, 2.05) is 6.92 Å². The van der Waals surface area contributed by atoms with Gasteiger partial charge in [0.05, 0.1) is 25.3 Å². The van der Waals surface area contributed by atoms with E-state index in [1.54, 1.807) is 29.5 Å². The van der Waals surface area contributed by atoms with Crippen LogP contribution in [0.15, 0.2) is 6.07 Å². The number of carbonyl (C=O) groups is 2. The Balaban J connectivity index is 1.91. The summed E-state index contributed by atoms with van der Waals surface area (Å²) < 4.78 is 45.9. The molecule has 8 nitrogen and oxygen atoms in total. The predicted molar refractivity (Wildman–Crippen MR) is 99.9 cm³/mol. The third-order valence-electron chi connectivity index (χ3n) is 4.92. The van der Waals surface area contributed by atoms with Crippen LogP contribution in [0.5, 0.6) is 0 Å². The van der Waals surface area contributed by atoms with E-state index in [-0.39, 0.29) is 31.3 Å². The molecule has 0 N–H and O–H groups in total. The van der Waals surface area contributed by atoms with Crippen LogP contribution >= 0.6 is 0 Å². The molecule has 0 radical (unpaired) electrons. The molecule has 0 spiro atoms. The SMILES string of the molecule is CCOC(=O)c1nn(CCC(F)(F)F)c2c1CN(C(=O)c1cc(C)nn1CC)CC2. The summed E-state index contributed by atoms with van der Waals surface area (Å²) in [4.78, 5) is 26.9. The Morgan fingerprint density at radius 3 is 2.57 bits per heavy atom. The van der Waals surface area contributed by atoms with Crippen LogP contribution in [0.1, 0.15) is 58.2 Å². The number of hydrogen-bond acceptors (Lipinski definition) is 5. The van der Waals surface area contributed by atoms with Crippen LogP contribution in [-0.2, 0) is 30.8 Å². The van der Waals surface area contributed by atoms with Crippen molar-refractivity contribution in [1.29, 1.82) is 0 Å². The number of esters is 1. The second-order valence-electron chi connectivity index (χ2n) is 7.05. The number of alkyl halides is 3. The number of aromatic nitrogens is 4. The Morgan fingerprint density at radius 1 is 1.20 bits per heavy atom. The molecule has 30 heavy (non-hydrogen) atoms. The largest absolute Gasteiger partial charge is 0.461 e. The van der Waals surface area contributed by atoms with Gasteiger partial charge < -0.3 is 9.64 Å². The minimum Gasteiger partial charge on any atom is -0.461 e. The number of fused-ring (bicyclic) bond motifs is 1. The predicted octanol–water partition coefficient (Wildman–Crippen LogP) is 2.74. The fourth-order valence-electron chi connectivity index (χ4n) is 3.57. The zero-order valence-electron chi connectivity index (χ0n) is 17.1. The normalized spacial score (nSPS) is 14.0. The zero-order chi connectivity index (χ0) is 22.1. The number of hydrogen-bond donors (Lipinski definition) is 0. The topological polar surface area (TPSA) is 82.2 Å². The molecule has 2 aromatic rings. The monoisotopic (exact) mass is 427 g/mol. The highest BCUT2D eigenvalue weighted by atomic mass is 19.4. The Hall–Kier alpha value is -2.85. The molecule has 0 fully saturated rings. The van der Waals surface area contributed by atoms with Crippen molar-refractivity contribution < 1.29 is 27.5 Å². The van der Waals surface area contributed by atoms with Gasteiger partial charge in [-0.15, -0.1) is 0 Å². The molecule has 0 saturated carbocycles. The molecule has 0 aromatic carbocycles. The maximum Gasteiger partial charge on any atom is 0.390 e. The summed E-state index contributed by atoms with van der Waals surface area (Å²) in [7, 11) is 0. The summed E-state index contributed by atoms with van der Waals surface area (Å²) in [6, 6.07) is 1.69. The molecule has 0 bridgehead atoms. The number of carbonyl (C=O) groups excluding carboxylic acids is 2. The lowest BCUT2D eigenvalue weighted by molar-refractivity contribution is -0.137. The van der Waals surface area contributed by atoms with E-state index < -0.39 is 18.6 Å². The molecule has 0 aliphatic carbocycles. The van der Waals surface area contributed by atoms with Crippen LogP contribution in [0.25, 0.3) is 0 Å². The number of amides is 1. The quantitative estimate of drug-likeness (QED) is 0.662. The lowest BCUT2D eigenvalue weighted by Gasteiger charge is -2.28. The molecule has 0 unspecified atom stereocenters. The molecular formula is C19H24F3N5O3. The van der Waals surface area contributed by atoms with E-state index in [0.717, 1.165) is 0 Å². The Bertz CT molecular complexity index is 948. The molecule has 11 heteroatoms. The summed E-state index contributed by atoms with van der Waals surface area (Å²) in [6.07, 6.45) is -5.10. The van der Waals surface area contributed by atoms with Crippen LogP contribution in [0.4, 0.5) is 13.2 Å². The molecule has 1 amide bonds. The molecule has 1 aliphatic rings. The summed E-state index contributed by atoms with van der Waals surface area (Å²) in [5.74, 6) is -0.954. The van der Waals surface area contributed by atoms with Crippen LogP contribution in [0.2, 0.25) is 0 Å². The van der Waals surface area contributed by atoms with E-state index >= 15 is 0 Å². The van der Waals surface area contributed by atoms with Crippen LogP contribution < -0.4 is 0 Å². The van der Waals surface area contributed by atoms with Crippen LogP contribution in [0, 0.1) is 6.92 Å². The summed E-state index contributed by atoms with van der Waals surface area (Å²) in [6.45, 7) is 5.93. The van der Waals surface area contributed by atoms with E-state index in [0.29, 0.717) is 42.2 Å². The van der Waals surface area contributed by atoms with Gasteiger partial charge in [-0.3, -0.25) is 14.2 Å². The van der Waals surface area contributed by atoms with Crippen molar-refractivity contribution in [1.82, 2.24) is 24.5 Å². The summed E-state index contributed by atoms with van der Waals surface area (Å²) in [5, 5.41) is 8.39. The molecule has 164 valence electrons. The number of rotatable bonds is 6. The van der Waals surface area contributed by atoms with Gasteiger partial charge in [0.1, 0.15) is 5.69 Å². The molecule has 0 saturated heterocycles. The van der Waals surface area contributed by atoms with Gasteiger partial charge in [-0.05, 0) is 26.8 Å². The third-order valence-corrected chi connectivity index (χ3v) is 4.92. The van der Waals surface area contributed by atoms with Gasteiger partial charge in [0.25, 0.3) is 5.91 Å². The van der Waals surface area contributed by atoms with E-state index in [4.69, 9.17) is 4.74 Å². The van der Waals surface area contributed by atoms with Gasteiger partial charge in [0.15, 0.2) is 5.69 Å². The van der Waals surface area contributed by atoms with Crippen molar-refractivity contribution in [2.45, 2.75) is 59.4 Å². The summed E-state index contributed by atoms with van der Waals surface area (Å²) in [5.41, 5.74) is 2.08. The van der Waals surface area contributed by atoms with Crippen LogP contribution in [-0.4, -0.2) is 55.7 Å². The molecular weight excluding hydrogens is 403 g/mol. The van der Waals surface area contributed by atoms with E-state index in [1.165, 1.54) is 4.68 Å². The first-order valence-electron chi connectivity index (χ1n) is 9.80. The molecule has 3 rings (SSSR count). The second kappa shape index (κ2) is 8.49. The minimum absolute atomic E-state index is 0.0355. The van der Waals surface area contributed by atoms with Gasteiger partial charge in [0.2, 0.25) is 0 Å². The van der Waals surface area contributed by atoms with Crippen molar-refractivity contribution in [3.8, 4) is 0 Å². The first-order valence-corrected chi connectivity index (χ1v) is 9.80. The van der Waals surface area contributed by atoms with Crippen molar-refractivity contribution >= 4 is 11.9 Å². The number of halogens is 3. The number of ether oxygens (including phenoxy) is 1. The third kappa shape index (κ3) is 4.49. The van der Waals surface area contributed by atoms with Crippen molar-refractivity contribution in [3.05, 3.63) is 34.4 Å². The zero-order valence-corrected chi connectivity index (χ0v) is 17.1. The Kier molecular flexibility index (Phi) is 6.18. The fourth-order valence-corrected chi connectivity index (χ4v) is 3.57. The minimum atomic E-state index is -4.34. The fraction of sp³-hybridized carbons (Fsp3) is 0.579. The molecule has 3 heterocycles. The van der Waals surface area contributed by atoms with Crippen molar-refractivity contribution in [3.63, 3.8) is 0 Å². The number of aryl methyl sites for hydroxylation is 3. The molecule has 0 atom stereocenters. The van der Waals surface area contributed by atoms with Gasteiger partial charge in [-0.25, -0.2) is 4.79 Å². The number of nitrogens with zero attached hydrogens (tertiary/aromatic N) is 5. The molecule has 1 aliphatic heterocycles. The first-order chi connectivity index (χ1) is 14.1. The van der Waals surface area contributed by atoms with E-state index in [2.05, 4.69) is 10.2 Å². The standard InChI is InChI=1S/C19H24F3N5O3/c1-4-26-15(10-12(3)23-26)17(28)25-8-6-14-13(11-25)16(18(29)30-5-2)24-27(14)9-7-19(20,21)22/h10H,4-9,11H2,1-3H3. The Morgan fingerprint density at radius 2 is 1.93 bits per heavy atom. The van der Waals surface area contributed by atoms with Crippen molar-refractivity contribution in [2.24, 2.45) is 0 Å².